The number of likely N-dealkylation sites (tertiary alicyclic amines) is 1. The fraction of sp³-hybridized carbons (Fsp3) is 0.765. The number of hydrogen-bond donors (Lipinski definition) is 1. The molecule has 1 fully saturated rings. The van der Waals surface area contributed by atoms with Gasteiger partial charge in [-0.1, -0.05) is 13.8 Å². The quantitative estimate of drug-likeness (QED) is 0.875. The van der Waals surface area contributed by atoms with Crippen LogP contribution in [0.5, 0.6) is 0 Å². The van der Waals surface area contributed by atoms with E-state index in [1.165, 1.54) is 42.9 Å². The zero-order chi connectivity index (χ0) is 15.4. The minimum atomic E-state index is 0.219. The molecule has 0 amide bonds. The van der Waals surface area contributed by atoms with Crippen molar-refractivity contribution in [2.24, 2.45) is 5.73 Å². The molecule has 0 spiro atoms. The molecule has 1 aliphatic heterocycles. The molecule has 1 aromatic rings. The summed E-state index contributed by atoms with van der Waals surface area (Å²) in [6, 6.07) is 3.48. The van der Waals surface area contributed by atoms with Gasteiger partial charge < -0.3 is 10.6 Å². The second-order valence-corrected chi connectivity index (χ2v) is 7.26. The molecule has 2 atom stereocenters. The van der Waals surface area contributed by atoms with Crippen LogP contribution in [-0.4, -0.2) is 48.6 Å². The molecule has 3 nitrogen and oxygen atoms in total. The molecule has 2 unspecified atom stereocenters. The lowest BCUT2D eigenvalue weighted by molar-refractivity contribution is 0.0877. The van der Waals surface area contributed by atoms with Gasteiger partial charge in [-0.15, -0.1) is 11.3 Å². The average molecular weight is 310 g/mol. The summed E-state index contributed by atoms with van der Waals surface area (Å²) < 4.78 is 0. The largest absolute Gasteiger partial charge is 0.326 e. The predicted molar refractivity (Wildman–Crippen MR) is 93.0 cm³/mol. The zero-order valence-corrected chi connectivity index (χ0v) is 14.8. The number of nitrogens with two attached hydrogens (primary N) is 1. The fourth-order valence-corrected chi connectivity index (χ4v) is 4.62. The SMILES string of the molecule is CCC(N)C(c1sccc1C)N(C)C1CCN(CC)CC1. The number of piperidine rings is 1. The van der Waals surface area contributed by atoms with Gasteiger partial charge in [-0.3, -0.25) is 4.90 Å². The van der Waals surface area contributed by atoms with Crippen LogP contribution in [0.15, 0.2) is 11.4 Å². The third-order valence-corrected chi connectivity index (χ3v) is 6.16. The molecule has 0 aliphatic carbocycles. The zero-order valence-electron chi connectivity index (χ0n) is 14.0. The van der Waals surface area contributed by atoms with Gasteiger partial charge in [-0.05, 0) is 69.9 Å². The summed E-state index contributed by atoms with van der Waals surface area (Å²) in [6.07, 6.45) is 3.56. The second kappa shape index (κ2) is 7.73. The lowest BCUT2D eigenvalue weighted by atomic mass is 9.96. The predicted octanol–water partition coefficient (Wildman–Crippen LogP) is 3.25. The van der Waals surface area contributed by atoms with Crippen molar-refractivity contribution < 1.29 is 0 Å². The van der Waals surface area contributed by atoms with Crippen molar-refractivity contribution >= 4 is 11.3 Å². The average Bonchev–Trinajstić information content (AvgIpc) is 2.93. The lowest BCUT2D eigenvalue weighted by Gasteiger charge is -2.42. The van der Waals surface area contributed by atoms with E-state index in [1.807, 2.05) is 11.3 Å². The third-order valence-electron chi connectivity index (χ3n) is 5.07. The molecule has 0 saturated carbocycles. The van der Waals surface area contributed by atoms with Gasteiger partial charge in [0.1, 0.15) is 0 Å². The molecule has 2 rings (SSSR count). The van der Waals surface area contributed by atoms with Crippen LogP contribution < -0.4 is 5.73 Å². The standard InChI is InChI=1S/C17H31N3S/c1-5-15(18)16(17-13(3)9-12-21-17)19(4)14-7-10-20(6-2)11-8-14/h9,12,14-16H,5-8,10-11,18H2,1-4H3. The van der Waals surface area contributed by atoms with E-state index < -0.39 is 0 Å². The van der Waals surface area contributed by atoms with Crippen LogP contribution in [0.2, 0.25) is 0 Å². The Kier molecular flexibility index (Phi) is 6.23. The summed E-state index contributed by atoms with van der Waals surface area (Å²) in [4.78, 5) is 6.58. The van der Waals surface area contributed by atoms with Gasteiger partial charge >= 0.3 is 0 Å². The molecule has 21 heavy (non-hydrogen) atoms. The summed E-state index contributed by atoms with van der Waals surface area (Å²) in [5.74, 6) is 0. The molecular formula is C17H31N3S. The molecule has 2 N–H and O–H groups in total. The summed E-state index contributed by atoms with van der Waals surface area (Å²) in [5.41, 5.74) is 7.89. The van der Waals surface area contributed by atoms with Crippen molar-refractivity contribution in [2.75, 3.05) is 26.7 Å². The molecule has 2 heterocycles. The Morgan fingerprint density at radius 3 is 2.52 bits per heavy atom. The molecule has 120 valence electrons. The number of aryl methyl sites for hydroxylation is 1. The van der Waals surface area contributed by atoms with Crippen LogP contribution in [0.1, 0.15) is 49.6 Å². The Morgan fingerprint density at radius 2 is 2.05 bits per heavy atom. The first-order valence-corrected chi connectivity index (χ1v) is 9.20. The van der Waals surface area contributed by atoms with Gasteiger partial charge in [0.15, 0.2) is 0 Å². The Balaban J connectivity index is 2.12. The molecule has 1 aromatic heterocycles. The first kappa shape index (κ1) is 16.9. The van der Waals surface area contributed by atoms with Crippen molar-refractivity contribution in [1.82, 2.24) is 9.80 Å². The van der Waals surface area contributed by atoms with Gasteiger partial charge in [0.05, 0.1) is 6.04 Å². The Labute approximate surface area is 134 Å². The maximum atomic E-state index is 6.49. The van der Waals surface area contributed by atoms with Crippen molar-refractivity contribution in [1.29, 1.82) is 0 Å². The van der Waals surface area contributed by atoms with Gasteiger partial charge in [0.25, 0.3) is 0 Å². The Bertz CT molecular complexity index is 423. The van der Waals surface area contributed by atoms with E-state index in [9.17, 15) is 0 Å². The van der Waals surface area contributed by atoms with Crippen LogP contribution in [0.4, 0.5) is 0 Å². The number of likely N-dealkylation sites (N-methyl/N-ethyl adjacent to an activating group) is 1. The Morgan fingerprint density at radius 1 is 1.38 bits per heavy atom. The van der Waals surface area contributed by atoms with Gasteiger partial charge in [-0.25, -0.2) is 0 Å². The molecular weight excluding hydrogens is 278 g/mol. The highest BCUT2D eigenvalue weighted by Crippen LogP contribution is 2.34. The summed E-state index contributed by atoms with van der Waals surface area (Å²) in [5, 5.41) is 2.20. The Hall–Kier alpha value is -0.420. The van der Waals surface area contributed by atoms with Crippen LogP contribution in [0.3, 0.4) is 0 Å². The topological polar surface area (TPSA) is 32.5 Å². The normalized spacial score (nSPS) is 20.9. The molecule has 4 heteroatoms. The van der Waals surface area contributed by atoms with E-state index >= 15 is 0 Å². The van der Waals surface area contributed by atoms with Crippen molar-refractivity contribution in [3.63, 3.8) is 0 Å². The minimum Gasteiger partial charge on any atom is -0.326 e. The molecule has 0 bridgehead atoms. The van der Waals surface area contributed by atoms with Gasteiger partial charge in [0, 0.05) is 17.0 Å². The first-order valence-electron chi connectivity index (χ1n) is 8.32. The van der Waals surface area contributed by atoms with Crippen LogP contribution in [0, 0.1) is 6.92 Å². The van der Waals surface area contributed by atoms with E-state index in [2.05, 4.69) is 49.1 Å². The maximum absolute atomic E-state index is 6.49. The summed E-state index contributed by atoms with van der Waals surface area (Å²) in [7, 11) is 2.28. The second-order valence-electron chi connectivity index (χ2n) is 6.32. The van der Waals surface area contributed by atoms with E-state index in [4.69, 9.17) is 5.73 Å². The van der Waals surface area contributed by atoms with E-state index in [-0.39, 0.29) is 6.04 Å². The van der Waals surface area contributed by atoms with Crippen LogP contribution in [0.25, 0.3) is 0 Å². The van der Waals surface area contributed by atoms with Crippen molar-refractivity contribution in [3.8, 4) is 0 Å². The smallest absolute Gasteiger partial charge is 0.0595 e. The minimum absolute atomic E-state index is 0.219. The van der Waals surface area contributed by atoms with E-state index in [0.29, 0.717) is 12.1 Å². The van der Waals surface area contributed by atoms with Crippen molar-refractivity contribution in [2.45, 2.75) is 58.2 Å². The van der Waals surface area contributed by atoms with E-state index in [0.717, 1.165) is 6.42 Å². The number of nitrogens with zero attached hydrogens (tertiary/aromatic N) is 2. The monoisotopic (exact) mass is 309 g/mol. The maximum Gasteiger partial charge on any atom is 0.0595 e. The third kappa shape index (κ3) is 3.86. The lowest BCUT2D eigenvalue weighted by Crippen LogP contribution is -2.48. The van der Waals surface area contributed by atoms with E-state index in [1.54, 1.807) is 0 Å². The van der Waals surface area contributed by atoms with Gasteiger partial charge in [-0.2, -0.15) is 0 Å². The number of thiophene rings is 1. The molecule has 1 aliphatic rings. The first-order chi connectivity index (χ1) is 10.1. The number of rotatable bonds is 6. The highest BCUT2D eigenvalue weighted by atomic mass is 32.1. The molecule has 0 aromatic carbocycles. The fourth-order valence-electron chi connectivity index (χ4n) is 3.46. The molecule has 1 saturated heterocycles. The van der Waals surface area contributed by atoms with Gasteiger partial charge in [0.2, 0.25) is 0 Å². The number of hydrogen-bond acceptors (Lipinski definition) is 4. The highest BCUT2D eigenvalue weighted by molar-refractivity contribution is 7.10. The highest BCUT2D eigenvalue weighted by Gasteiger charge is 2.31. The van der Waals surface area contributed by atoms with Crippen LogP contribution in [-0.2, 0) is 0 Å². The van der Waals surface area contributed by atoms with Crippen LogP contribution >= 0.6 is 11.3 Å². The summed E-state index contributed by atoms with van der Waals surface area (Å²) in [6.45, 7) is 10.3. The molecule has 0 radical (unpaired) electrons. The summed E-state index contributed by atoms with van der Waals surface area (Å²) >= 11 is 1.87. The van der Waals surface area contributed by atoms with Crippen molar-refractivity contribution in [3.05, 3.63) is 21.9 Å².